The van der Waals surface area contributed by atoms with Gasteiger partial charge in [0.05, 0.1) is 5.92 Å². The summed E-state index contributed by atoms with van der Waals surface area (Å²) in [6, 6.07) is 13.0. The third-order valence-electron chi connectivity index (χ3n) is 5.12. The van der Waals surface area contributed by atoms with Crippen LogP contribution in [-0.4, -0.2) is 5.78 Å². The van der Waals surface area contributed by atoms with Gasteiger partial charge in [0.1, 0.15) is 28.9 Å². The molecule has 0 bridgehead atoms. The number of hydrogen-bond acceptors (Lipinski definition) is 5. The van der Waals surface area contributed by atoms with Crippen molar-refractivity contribution in [2.75, 3.05) is 0 Å². The van der Waals surface area contributed by atoms with E-state index in [2.05, 4.69) is 6.07 Å². The molecule has 0 saturated carbocycles. The number of benzene rings is 1. The monoisotopic (exact) mass is 394 g/mol. The molecule has 1 atom stereocenters. The average Bonchev–Trinajstić information content (AvgIpc) is 3.09. The Labute approximate surface area is 168 Å². The van der Waals surface area contributed by atoms with Crippen LogP contribution in [0, 0.1) is 16.7 Å². The van der Waals surface area contributed by atoms with Gasteiger partial charge in [0.25, 0.3) is 0 Å². The molecule has 1 aliphatic heterocycles. The predicted octanol–water partition coefficient (Wildman–Crippen LogP) is 5.05. The van der Waals surface area contributed by atoms with Crippen LogP contribution in [-0.2, 0) is 9.53 Å². The highest BCUT2D eigenvalue weighted by atomic mass is 35.5. The van der Waals surface area contributed by atoms with Gasteiger partial charge in [0.15, 0.2) is 5.78 Å². The van der Waals surface area contributed by atoms with Gasteiger partial charge in [-0.3, -0.25) is 4.79 Å². The zero-order valence-corrected chi connectivity index (χ0v) is 16.3. The molecule has 0 fully saturated rings. The van der Waals surface area contributed by atoms with Gasteiger partial charge in [-0.1, -0.05) is 25.4 Å². The normalized spacial score (nSPS) is 21.2. The fraction of sp³-hybridized carbons (Fsp3) is 0.273. The van der Waals surface area contributed by atoms with Gasteiger partial charge < -0.3 is 14.9 Å². The molecule has 2 heterocycles. The molecule has 4 rings (SSSR count). The topological polar surface area (TPSA) is 89.2 Å². The maximum Gasteiger partial charge on any atom is 0.205 e. The highest BCUT2D eigenvalue weighted by molar-refractivity contribution is 6.30. The molecule has 1 aromatic carbocycles. The summed E-state index contributed by atoms with van der Waals surface area (Å²) in [6.07, 6.45) is 0.962. The van der Waals surface area contributed by atoms with Crippen molar-refractivity contribution in [3.05, 3.63) is 70.0 Å². The third-order valence-corrected chi connectivity index (χ3v) is 5.37. The molecule has 1 aliphatic carbocycles. The Bertz CT molecular complexity index is 1070. The first-order valence-corrected chi connectivity index (χ1v) is 9.36. The second-order valence-electron chi connectivity index (χ2n) is 7.91. The van der Waals surface area contributed by atoms with Crippen molar-refractivity contribution in [3.8, 4) is 17.4 Å². The van der Waals surface area contributed by atoms with Gasteiger partial charge >= 0.3 is 0 Å². The van der Waals surface area contributed by atoms with Gasteiger partial charge in [-0.05, 0) is 41.8 Å². The lowest BCUT2D eigenvalue weighted by Gasteiger charge is -2.36. The Kier molecular flexibility index (Phi) is 4.32. The Morgan fingerprint density at radius 3 is 2.57 bits per heavy atom. The van der Waals surface area contributed by atoms with E-state index in [1.165, 1.54) is 0 Å². The number of furan rings is 1. The predicted molar refractivity (Wildman–Crippen MR) is 105 cm³/mol. The van der Waals surface area contributed by atoms with Crippen molar-refractivity contribution >= 4 is 17.4 Å². The quantitative estimate of drug-likeness (QED) is 0.769. The second-order valence-corrected chi connectivity index (χ2v) is 8.35. The van der Waals surface area contributed by atoms with E-state index in [-0.39, 0.29) is 22.7 Å². The minimum absolute atomic E-state index is 0.0289. The number of ether oxygens (including phenoxy) is 1. The van der Waals surface area contributed by atoms with E-state index in [1.807, 2.05) is 32.0 Å². The number of rotatable bonds is 2. The van der Waals surface area contributed by atoms with Crippen molar-refractivity contribution < 1.29 is 13.9 Å². The fourth-order valence-corrected chi connectivity index (χ4v) is 3.97. The zero-order valence-electron chi connectivity index (χ0n) is 15.6. The van der Waals surface area contributed by atoms with E-state index in [1.54, 1.807) is 18.2 Å². The lowest BCUT2D eigenvalue weighted by atomic mass is 9.71. The summed E-state index contributed by atoms with van der Waals surface area (Å²) >= 11 is 5.95. The summed E-state index contributed by atoms with van der Waals surface area (Å²) in [7, 11) is 0. The second kappa shape index (κ2) is 6.57. The number of Topliss-reactive ketones (excluding diaryl/α,β-unsaturated/α-hetero) is 1. The van der Waals surface area contributed by atoms with Crippen molar-refractivity contribution in [3.63, 3.8) is 0 Å². The SMILES string of the molecule is CC1(C)CC(=O)C2=C(C1)OC(N)=C(C#N)[C@@H]2c1ccc(-c2ccc(Cl)cc2)o1. The lowest BCUT2D eigenvalue weighted by Crippen LogP contribution is -2.33. The Balaban J connectivity index is 1.81. The van der Waals surface area contributed by atoms with Gasteiger partial charge in [-0.15, -0.1) is 0 Å². The van der Waals surface area contributed by atoms with Crippen LogP contribution >= 0.6 is 11.6 Å². The highest BCUT2D eigenvalue weighted by Crippen LogP contribution is 2.48. The number of nitrogens with two attached hydrogens (primary N) is 1. The number of halogens is 1. The van der Waals surface area contributed by atoms with Crippen molar-refractivity contribution in [2.24, 2.45) is 11.1 Å². The number of carbonyl (C=O) groups excluding carboxylic acids is 1. The van der Waals surface area contributed by atoms with E-state index < -0.39 is 5.92 Å². The van der Waals surface area contributed by atoms with Gasteiger partial charge in [-0.25, -0.2) is 0 Å². The summed E-state index contributed by atoms with van der Waals surface area (Å²) < 4.78 is 11.7. The Morgan fingerprint density at radius 2 is 1.89 bits per heavy atom. The van der Waals surface area contributed by atoms with Crippen LogP contribution in [0.15, 0.2) is 63.6 Å². The minimum Gasteiger partial charge on any atom is -0.460 e. The number of ketones is 1. The highest BCUT2D eigenvalue weighted by Gasteiger charge is 2.44. The first-order valence-electron chi connectivity index (χ1n) is 8.98. The standard InChI is InChI=1S/C22H19ClN2O3/c1-22(2)9-15(26)20-18(10-22)28-21(25)14(11-24)19(20)17-8-7-16(27-17)12-3-5-13(23)6-4-12/h3-8,19H,9-10,25H2,1-2H3/t19-/m1/s1. The Morgan fingerprint density at radius 1 is 1.18 bits per heavy atom. The van der Waals surface area contributed by atoms with Crippen LogP contribution in [0.1, 0.15) is 38.4 Å². The van der Waals surface area contributed by atoms with Crippen LogP contribution in [0.4, 0.5) is 0 Å². The third kappa shape index (κ3) is 3.10. The molecule has 0 amide bonds. The van der Waals surface area contributed by atoms with Crippen LogP contribution in [0.3, 0.4) is 0 Å². The molecule has 1 aromatic heterocycles. The van der Waals surface area contributed by atoms with Gasteiger partial charge in [-0.2, -0.15) is 5.26 Å². The maximum atomic E-state index is 12.9. The summed E-state index contributed by atoms with van der Waals surface area (Å²) in [5, 5.41) is 10.3. The summed E-state index contributed by atoms with van der Waals surface area (Å²) in [6.45, 7) is 4.02. The molecular weight excluding hydrogens is 376 g/mol. The lowest BCUT2D eigenvalue weighted by molar-refractivity contribution is -0.119. The van der Waals surface area contributed by atoms with Crippen molar-refractivity contribution in [1.29, 1.82) is 5.26 Å². The Hall–Kier alpha value is -2.97. The van der Waals surface area contributed by atoms with Crippen LogP contribution in [0.2, 0.25) is 5.02 Å². The van der Waals surface area contributed by atoms with Gasteiger partial charge in [0, 0.05) is 29.0 Å². The minimum atomic E-state index is -0.654. The van der Waals surface area contributed by atoms with E-state index >= 15 is 0 Å². The number of nitrogens with zero attached hydrogens (tertiary/aromatic N) is 1. The first kappa shape index (κ1) is 18.4. The molecule has 0 radical (unpaired) electrons. The van der Waals surface area contributed by atoms with Crippen molar-refractivity contribution in [2.45, 2.75) is 32.6 Å². The number of allylic oxidation sites excluding steroid dienone is 3. The average molecular weight is 395 g/mol. The molecule has 2 aliphatic rings. The molecule has 5 nitrogen and oxygen atoms in total. The number of carbonyl (C=O) groups is 1. The molecule has 28 heavy (non-hydrogen) atoms. The fourth-order valence-electron chi connectivity index (χ4n) is 3.85. The van der Waals surface area contributed by atoms with E-state index in [0.717, 1.165) is 5.56 Å². The molecule has 2 N–H and O–H groups in total. The van der Waals surface area contributed by atoms with Crippen LogP contribution in [0.25, 0.3) is 11.3 Å². The number of nitriles is 1. The van der Waals surface area contributed by atoms with Gasteiger partial charge in [0.2, 0.25) is 5.88 Å². The molecule has 0 spiro atoms. The number of hydrogen-bond donors (Lipinski definition) is 1. The smallest absolute Gasteiger partial charge is 0.205 e. The first-order chi connectivity index (χ1) is 13.3. The molecule has 142 valence electrons. The zero-order chi connectivity index (χ0) is 20.1. The molecular formula is C22H19ClN2O3. The van der Waals surface area contributed by atoms with Crippen LogP contribution < -0.4 is 5.73 Å². The van der Waals surface area contributed by atoms with Crippen molar-refractivity contribution in [1.82, 2.24) is 0 Å². The van der Waals surface area contributed by atoms with Crippen LogP contribution in [0.5, 0.6) is 0 Å². The summed E-state index contributed by atoms with van der Waals surface area (Å²) in [5.41, 5.74) is 7.33. The largest absolute Gasteiger partial charge is 0.460 e. The summed E-state index contributed by atoms with van der Waals surface area (Å²) in [5.74, 6) is 0.987. The molecule has 0 unspecified atom stereocenters. The molecule has 2 aromatic rings. The van der Waals surface area contributed by atoms with E-state index in [9.17, 15) is 10.1 Å². The maximum absolute atomic E-state index is 12.9. The molecule has 0 saturated heterocycles. The van der Waals surface area contributed by atoms with E-state index in [0.29, 0.717) is 40.7 Å². The van der Waals surface area contributed by atoms with E-state index in [4.69, 9.17) is 26.5 Å². The molecule has 6 heteroatoms. The summed E-state index contributed by atoms with van der Waals surface area (Å²) in [4.78, 5) is 12.9.